The van der Waals surface area contributed by atoms with Gasteiger partial charge in [-0.15, -0.1) is 0 Å². The summed E-state index contributed by atoms with van der Waals surface area (Å²) in [6, 6.07) is 5.86. The van der Waals surface area contributed by atoms with E-state index in [-0.39, 0.29) is 0 Å². The molecule has 1 nitrogen and oxygen atoms in total. The van der Waals surface area contributed by atoms with Crippen molar-refractivity contribution >= 4 is 0 Å². The van der Waals surface area contributed by atoms with Gasteiger partial charge in [0.05, 0.1) is 11.7 Å². The molecule has 2 aliphatic rings. The highest BCUT2D eigenvalue weighted by atomic mass is 19.4. The quantitative estimate of drug-likeness (QED) is 0.493. The molecule has 0 aliphatic heterocycles. The zero-order valence-corrected chi connectivity index (χ0v) is 15.7. The maximum atomic E-state index is 12.7. The van der Waals surface area contributed by atoms with Crippen LogP contribution < -0.4 is 0 Å². The van der Waals surface area contributed by atoms with Crippen molar-refractivity contribution in [1.29, 1.82) is 0 Å². The molecule has 2 fully saturated rings. The Bertz CT molecular complexity index is 552. The fourth-order valence-electron chi connectivity index (χ4n) is 4.85. The number of unbranched alkanes of at least 4 members (excludes halogenated alkanes) is 2. The summed E-state index contributed by atoms with van der Waals surface area (Å²) < 4.78 is 44.3. The van der Waals surface area contributed by atoms with Crippen molar-refractivity contribution in [3.8, 4) is 0 Å². The van der Waals surface area contributed by atoms with Crippen LogP contribution in [0.2, 0.25) is 0 Å². The van der Waals surface area contributed by atoms with Gasteiger partial charge in [0.25, 0.3) is 0 Å². The second kappa shape index (κ2) is 8.77. The van der Waals surface area contributed by atoms with Gasteiger partial charge in [-0.1, -0.05) is 31.9 Å². The van der Waals surface area contributed by atoms with E-state index in [1.807, 2.05) is 0 Å². The largest absolute Gasteiger partial charge is 0.416 e. The molecule has 0 aromatic heterocycles. The van der Waals surface area contributed by atoms with Crippen LogP contribution >= 0.6 is 0 Å². The molecule has 0 heterocycles. The van der Waals surface area contributed by atoms with Crippen LogP contribution in [0.15, 0.2) is 24.3 Å². The Morgan fingerprint density at radius 3 is 2.31 bits per heavy atom. The summed E-state index contributed by atoms with van der Waals surface area (Å²) in [6.07, 6.45) is 6.75. The van der Waals surface area contributed by atoms with E-state index in [4.69, 9.17) is 4.74 Å². The lowest BCUT2D eigenvalue weighted by Gasteiger charge is -2.42. The molecule has 1 aromatic carbocycles. The summed E-state index contributed by atoms with van der Waals surface area (Å²) in [5.41, 5.74) is 0.532. The summed E-state index contributed by atoms with van der Waals surface area (Å²) in [5, 5.41) is 0. The number of halogens is 3. The van der Waals surface area contributed by atoms with Gasteiger partial charge in [-0.2, -0.15) is 13.2 Å². The Morgan fingerprint density at radius 1 is 0.923 bits per heavy atom. The first kappa shape index (κ1) is 19.7. The van der Waals surface area contributed by atoms with Crippen molar-refractivity contribution in [2.45, 2.75) is 82.9 Å². The minimum Gasteiger partial charge on any atom is -0.378 e. The maximum Gasteiger partial charge on any atom is 0.416 e. The first-order valence-electron chi connectivity index (χ1n) is 10.3. The molecule has 0 N–H and O–H groups in total. The predicted octanol–water partition coefficient (Wildman–Crippen LogP) is 6.96. The van der Waals surface area contributed by atoms with Crippen molar-refractivity contribution in [3.63, 3.8) is 0 Å². The molecule has 3 rings (SSSR count). The number of hydrogen-bond acceptors (Lipinski definition) is 1. The third kappa shape index (κ3) is 5.03. The lowest BCUT2D eigenvalue weighted by atomic mass is 9.65. The Morgan fingerprint density at radius 2 is 1.62 bits per heavy atom. The van der Waals surface area contributed by atoms with Crippen LogP contribution in [0.1, 0.15) is 81.8 Å². The standard InChI is InChI=1S/C22H31F3O/c1-2-3-4-13-26-21-12-9-18-14-17(5-6-19(18)15-21)16-7-10-20(11-8-16)22(23,24)25/h7-8,10-11,17-19,21H,2-6,9,12-15H2,1H3. The zero-order valence-electron chi connectivity index (χ0n) is 15.7. The van der Waals surface area contributed by atoms with E-state index in [1.54, 1.807) is 12.1 Å². The molecule has 0 saturated heterocycles. The number of rotatable bonds is 6. The molecule has 0 spiro atoms. The number of hydrogen-bond donors (Lipinski definition) is 0. The SMILES string of the molecule is CCCCCOC1CCC2CC(c3ccc(C(F)(F)F)cc3)CCC2C1. The van der Waals surface area contributed by atoms with Crippen LogP contribution in [0.5, 0.6) is 0 Å². The van der Waals surface area contributed by atoms with E-state index in [1.165, 1.54) is 44.2 Å². The molecular formula is C22H31F3O. The Kier molecular flexibility index (Phi) is 6.65. The van der Waals surface area contributed by atoms with Crippen LogP contribution in [-0.4, -0.2) is 12.7 Å². The second-order valence-electron chi connectivity index (χ2n) is 8.16. The molecule has 2 aliphatic carbocycles. The molecule has 4 unspecified atom stereocenters. The fourth-order valence-corrected chi connectivity index (χ4v) is 4.85. The van der Waals surface area contributed by atoms with Gasteiger partial charge in [-0.25, -0.2) is 0 Å². The third-order valence-corrected chi connectivity index (χ3v) is 6.38. The van der Waals surface area contributed by atoms with Gasteiger partial charge in [-0.05, 0) is 80.4 Å². The Balaban J connectivity index is 1.50. The fraction of sp³-hybridized carbons (Fsp3) is 0.727. The number of fused-ring (bicyclic) bond motifs is 1. The van der Waals surface area contributed by atoms with Gasteiger partial charge >= 0.3 is 6.18 Å². The van der Waals surface area contributed by atoms with Gasteiger partial charge in [0, 0.05) is 6.61 Å². The molecular weight excluding hydrogens is 337 g/mol. The van der Waals surface area contributed by atoms with Crippen LogP contribution in [-0.2, 0) is 10.9 Å². The molecule has 4 heteroatoms. The molecule has 4 atom stereocenters. The zero-order chi connectivity index (χ0) is 18.6. The smallest absolute Gasteiger partial charge is 0.378 e. The van der Waals surface area contributed by atoms with Crippen molar-refractivity contribution in [2.24, 2.45) is 11.8 Å². The molecule has 0 amide bonds. The highest BCUT2D eigenvalue weighted by Crippen LogP contribution is 2.47. The van der Waals surface area contributed by atoms with Crippen molar-refractivity contribution in [2.75, 3.05) is 6.61 Å². The second-order valence-corrected chi connectivity index (χ2v) is 8.16. The molecule has 26 heavy (non-hydrogen) atoms. The van der Waals surface area contributed by atoms with Gasteiger partial charge in [0.2, 0.25) is 0 Å². The van der Waals surface area contributed by atoms with Gasteiger partial charge in [-0.3, -0.25) is 0 Å². The normalized spacial score (nSPS) is 29.4. The highest BCUT2D eigenvalue weighted by Gasteiger charge is 2.36. The molecule has 146 valence electrons. The predicted molar refractivity (Wildman–Crippen MR) is 98.1 cm³/mol. The Hall–Kier alpha value is -1.03. The van der Waals surface area contributed by atoms with Crippen LogP contribution in [0.4, 0.5) is 13.2 Å². The summed E-state index contributed by atoms with van der Waals surface area (Å²) in [7, 11) is 0. The van der Waals surface area contributed by atoms with E-state index < -0.39 is 11.7 Å². The lowest BCUT2D eigenvalue weighted by Crippen LogP contribution is -2.34. The van der Waals surface area contributed by atoms with Crippen LogP contribution in [0.25, 0.3) is 0 Å². The average molecular weight is 368 g/mol. The van der Waals surface area contributed by atoms with Crippen molar-refractivity contribution < 1.29 is 17.9 Å². The lowest BCUT2D eigenvalue weighted by molar-refractivity contribution is -0.137. The minimum atomic E-state index is -4.24. The maximum absolute atomic E-state index is 12.7. The average Bonchev–Trinajstić information content (AvgIpc) is 2.64. The Labute approximate surface area is 155 Å². The number of alkyl halides is 3. The topological polar surface area (TPSA) is 9.23 Å². The highest BCUT2D eigenvalue weighted by molar-refractivity contribution is 5.27. The van der Waals surface area contributed by atoms with Gasteiger partial charge < -0.3 is 4.74 Å². The molecule has 0 bridgehead atoms. The first-order valence-corrected chi connectivity index (χ1v) is 10.3. The first-order chi connectivity index (χ1) is 12.5. The van der Waals surface area contributed by atoms with E-state index in [0.29, 0.717) is 17.9 Å². The third-order valence-electron chi connectivity index (χ3n) is 6.38. The van der Waals surface area contributed by atoms with Crippen LogP contribution in [0, 0.1) is 11.8 Å². The summed E-state index contributed by atoms with van der Waals surface area (Å²) in [6.45, 7) is 3.10. The van der Waals surface area contributed by atoms with Crippen molar-refractivity contribution in [1.82, 2.24) is 0 Å². The van der Waals surface area contributed by atoms with E-state index in [9.17, 15) is 13.2 Å². The summed E-state index contributed by atoms with van der Waals surface area (Å²) in [5.74, 6) is 1.87. The van der Waals surface area contributed by atoms with Gasteiger partial charge in [0.1, 0.15) is 0 Å². The van der Waals surface area contributed by atoms with Gasteiger partial charge in [0.15, 0.2) is 0 Å². The van der Waals surface area contributed by atoms with Crippen LogP contribution in [0.3, 0.4) is 0 Å². The summed E-state index contributed by atoms with van der Waals surface area (Å²) in [4.78, 5) is 0. The van der Waals surface area contributed by atoms with Crippen molar-refractivity contribution in [3.05, 3.63) is 35.4 Å². The monoisotopic (exact) mass is 368 g/mol. The van der Waals surface area contributed by atoms with E-state index >= 15 is 0 Å². The molecule has 0 radical (unpaired) electrons. The number of ether oxygens (including phenoxy) is 1. The van der Waals surface area contributed by atoms with E-state index in [0.717, 1.165) is 43.8 Å². The molecule has 1 aromatic rings. The summed E-state index contributed by atoms with van der Waals surface area (Å²) >= 11 is 0. The molecule has 2 saturated carbocycles. The van der Waals surface area contributed by atoms with E-state index in [2.05, 4.69) is 6.92 Å². The minimum absolute atomic E-state index is 0.417. The number of benzene rings is 1.